The summed E-state index contributed by atoms with van der Waals surface area (Å²) in [7, 11) is -2.66. The van der Waals surface area contributed by atoms with Gasteiger partial charge >= 0.3 is 0 Å². The standard InChI is InChI=1S/C10H26O2Si2/c1-7-11-14(5,6)10-8-9-12-13(2,3)4/h7-10H2,1-6H3. The highest BCUT2D eigenvalue weighted by molar-refractivity contribution is 6.71. The Morgan fingerprint density at radius 3 is 1.93 bits per heavy atom. The predicted octanol–water partition coefficient (Wildman–Crippen LogP) is 3.47. The SMILES string of the molecule is CCO[Si](C)(C)CCCO[Si](C)(C)C. The van der Waals surface area contributed by atoms with E-state index in [9.17, 15) is 0 Å². The van der Waals surface area contributed by atoms with Crippen molar-refractivity contribution in [2.75, 3.05) is 13.2 Å². The fourth-order valence-corrected chi connectivity index (χ4v) is 4.02. The Morgan fingerprint density at radius 1 is 0.929 bits per heavy atom. The van der Waals surface area contributed by atoms with Crippen molar-refractivity contribution in [3.8, 4) is 0 Å². The van der Waals surface area contributed by atoms with Gasteiger partial charge in [-0.15, -0.1) is 0 Å². The smallest absolute Gasteiger partial charge is 0.186 e. The van der Waals surface area contributed by atoms with Gasteiger partial charge in [-0.05, 0) is 52.1 Å². The van der Waals surface area contributed by atoms with Crippen LogP contribution in [0, 0.1) is 0 Å². The van der Waals surface area contributed by atoms with E-state index in [0.717, 1.165) is 19.6 Å². The Bertz CT molecular complexity index is 153. The van der Waals surface area contributed by atoms with Gasteiger partial charge in [-0.25, -0.2) is 0 Å². The summed E-state index contributed by atoms with van der Waals surface area (Å²) in [5.41, 5.74) is 0. The first-order valence-electron chi connectivity index (χ1n) is 5.55. The molecule has 0 rings (SSSR count). The summed E-state index contributed by atoms with van der Waals surface area (Å²) in [5, 5.41) is 0. The molecule has 0 spiro atoms. The van der Waals surface area contributed by atoms with Crippen molar-refractivity contribution in [3.05, 3.63) is 0 Å². The van der Waals surface area contributed by atoms with Gasteiger partial charge in [0.2, 0.25) is 0 Å². The van der Waals surface area contributed by atoms with Crippen molar-refractivity contribution < 1.29 is 8.85 Å². The second-order valence-corrected chi connectivity index (χ2v) is 14.1. The van der Waals surface area contributed by atoms with Crippen molar-refractivity contribution in [2.45, 2.75) is 52.1 Å². The maximum absolute atomic E-state index is 5.81. The topological polar surface area (TPSA) is 18.5 Å². The molecule has 4 heteroatoms. The minimum atomic E-state index is -1.36. The van der Waals surface area contributed by atoms with Crippen molar-refractivity contribution in [2.24, 2.45) is 0 Å². The molecule has 14 heavy (non-hydrogen) atoms. The van der Waals surface area contributed by atoms with E-state index in [1.165, 1.54) is 6.04 Å². The van der Waals surface area contributed by atoms with Crippen molar-refractivity contribution in [3.63, 3.8) is 0 Å². The highest BCUT2D eigenvalue weighted by Gasteiger charge is 2.21. The zero-order chi connectivity index (χ0) is 11.2. The summed E-state index contributed by atoms with van der Waals surface area (Å²) in [6, 6.07) is 1.21. The maximum Gasteiger partial charge on any atom is 0.186 e. The molecule has 0 aliphatic heterocycles. The van der Waals surface area contributed by atoms with Crippen LogP contribution >= 0.6 is 0 Å². The molecule has 0 radical (unpaired) electrons. The molecule has 0 fully saturated rings. The molecule has 0 saturated carbocycles. The van der Waals surface area contributed by atoms with E-state index in [4.69, 9.17) is 8.85 Å². The summed E-state index contributed by atoms with van der Waals surface area (Å²) in [5.74, 6) is 0. The first-order chi connectivity index (χ1) is 6.27. The van der Waals surface area contributed by atoms with E-state index in [1.807, 2.05) is 0 Å². The third kappa shape index (κ3) is 8.93. The Morgan fingerprint density at radius 2 is 1.50 bits per heavy atom. The fourth-order valence-electron chi connectivity index (χ4n) is 1.34. The molecule has 0 aliphatic carbocycles. The zero-order valence-corrected chi connectivity index (χ0v) is 12.6. The Hall–Kier alpha value is 0.354. The van der Waals surface area contributed by atoms with Crippen LogP contribution in [0.4, 0.5) is 0 Å². The van der Waals surface area contributed by atoms with Crippen molar-refractivity contribution >= 4 is 16.6 Å². The molecule has 0 atom stereocenters. The summed E-state index contributed by atoms with van der Waals surface area (Å²) in [6.07, 6.45) is 1.16. The number of hydrogen-bond acceptors (Lipinski definition) is 2. The summed E-state index contributed by atoms with van der Waals surface area (Å²) >= 11 is 0. The van der Waals surface area contributed by atoms with Crippen molar-refractivity contribution in [1.29, 1.82) is 0 Å². The largest absolute Gasteiger partial charge is 0.418 e. The van der Waals surface area contributed by atoms with Crippen molar-refractivity contribution in [1.82, 2.24) is 0 Å². The van der Waals surface area contributed by atoms with Crippen LogP contribution in [0.5, 0.6) is 0 Å². The lowest BCUT2D eigenvalue weighted by Crippen LogP contribution is -2.31. The van der Waals surface area contributed by atoms with E-state index in [-0.39, 0.29) is 0 Å². The molecule has 0 aliphatic rings. The first-order valence-corrected chi connectivity index (χ1v) is 12.1. The zero-order valence-electron chi connectivity index (χ0n) is 10.6. The molecule has 0 unspecified atom stereocenters. The van der Waals surface area contributed by atoms with Crippen LogP contribution in [0.25, 0.3) is 0 Å². The van der Waals surface area contributed by atoms with Gasteiger partial charge in [0.25, 0.3) is 0 Å². The Labute approximate surface area is 91.3 Å². The lowest BCUT2D eigenvalue weighted by Gasteiger charge is -2.23. The number of hydrogen-bond donors (Lipinski definition) is 0. The third-order valence-corrected chi connectivity index (χ3v) is 5.69. The van der Waals surface area contributed by atoms with E-state index >= 15 is 0 Å². The average molecular weight is 234 g/mol. The van der Waals surface area contributed by atoms with Gasteiger partial charge in [-0.3, -0.25) is 0 Å². The minimum Gasteiger partial charge on any atom is -0.418 e. The highest BCUT2D eigenvalue weighted by Crippen LogP contribution is 2.14. The summed E-state index contributed by atoms with van der Waals surface area (Å²) in [4.78, 5) is 0. The van der Waals surface area contributed by atoms with Gasteiger partial charge in [-0.2, -0.15) is 0 Å². The molecule has 0 aromatic heterocycles. The van der Waals surface area contributed by atoms with Gasteiger partial charge in [0.1, 0.15) is 0 Å². The van der Waals surface area contributed by atoms with Gasteiger partial charge in [0.15, 0.2) is 16.6 Å². The average Bonchev–Trinajstić information content (AvgIpc) is 1.96. The second kappa shape index (κ2) is 6.05. The van der Waals surface area contributed by atoms with Gasteiger partial charge in [-0.1, -0.05) is 0 Å². The minimum absolute atomic E-state index is 0.855. The molecule has 0 saturated heterocycles. The van der Waals surface area contributed by atoms with E-state index < -0.39 is 16.6 Å². The Kier molecular flexibility index (Phi) is 6.20. The maximum atomic E-state index is 5.81. The fraction of sp³-hybridized carbons (Fsp3) is 1.00. The molecule has 0 amide bonds. The van der Waals surface area contributed by atoms with E-state index in [2.05, 4.69) is 39.7 Å². The molecule has 0 heterocycles. The van der Waals surface area contributed by atoms with Gasteiger partial charge in [0, 0.05) is 13.2 Å². The van der Waals surface area contributed by atoms with Crippen LogP contribution in [0.1, 0.15) is 13.3 Å². The van der Waals surface area contributed by atoms with Crippen LogP contribution in [-0.4, -0.2) is 29.8 Å². The molecule has 0 bridgehead atoms. The lowest BCUT2D eigenvalue weighted by atomic mass is 10.5. The molecular weight excluding hydrogens is 208 g/mol. The van der Waals surface area contributed by atoms with Gasteiger partial charge < -0.3 is 8.85 Å². The van der Waals surface area contributed by atoms with Gasteiger partial charge in [0.05, 0.1) is 0 Å². The molecular formula is C10H26O2Si2. The molecule has 0 aromatic carbocycles. The molecule has 0 aromatic rings. The van der Waals surface area contributed by atoms with E-state index in [1.54, 1.807) is 0 Å². The highest BCUT2D eigenvalue weighted by atomic mass is 28.4. The second-order valence-electron chi connectivity index (χ2n) is 5.26. The van der Waals surface area contributed by atoms with E-state index in [0.29, 0.717) is 0 Å². The first kappa shape index (κ1) is 14.4. The molecule has 86 valence electrons. The third-order valence-electron chi connectivity index (χ3n) is 1.99. The number of rotatable bonds is 7. The Balaban J connectivity index is 3.54. The van der Waals surface area contributed by atoms with Crippen LogP contribution in [0.15, 0.2) is 0 Å². The monoisotopic (exact) mass is 234 g/mol. The predicted molar refractivity (Wildman–Crippen MR) is 67.8 cm³/mol. The van der Waals surface area contributed by atoms with Crippen LogP contribution in [0.2, 0.25) is 38.8 Å². The normalized spacial score (nSPS) is 13.3. The summed E-state index contributed by atoms with van der Waals surface area (Å²) < 4.78 is 11.6. The van der Waals surface area contributed by atoms with Crippen LogP contribution < -0.4 is 0 Å². The lowest BCUT2D eigenvalue weighted by molar-refractivity contribution is 0.297. The molecule has 0 N–H and O–H groups in total. The molecule has 2 nitrogen and oxygen atoms in total. The summed E-state index contributed by atoms with van der Waals surface area (Å²) in [6.45, 7) is 15.1. The quantitative estimate of drug-likeness (QED) is 0.496. The van der Waals surface area contributed by atoms with Crippen LogP contribution in [-0.2, 0) is 8.85 Å². The van der Waals surface area contributed by atoms with Crippen LogP contribution in [0.3, 0.4) is 0 Å².